The van der Waals surface area contributed by atoms with Gasteiger partial charge >= 0.3 is 6.18 Å². The lowest BCUT2D eigenvalue weighted by Crippen LogP contribution is -2.18. The predicted octanol–water partition coefficient (Wildman–Crippen LogP) is 4.48. The predicted molar refractivity (Wildman–Crippen MR) is 103 cm³/mol. The maximum absolute atomic E-state index is 12.7. The molecule has 0 saturated carbocycles. The van der Waals surface area contributed by atoms with Gasteiger partial charge < -0.3 is 9.47 Å². The maximum Gasteiger partial charge on any atom is 0.416 e. The third kappa shape index (κ3) is 5.59. The van der Waals surface area contributed by atoms with Crippen LogP contribution >= 0.6 is 22.6 Å². The van der Waals surface area contributed by atoms with Crippen molar-refractivity contribution < 1.29 is 27.4 Å². The average Bonchev–Trinajstić information content (AvgIpc) is 2.63. The molecule has 0 heterocycles. The number of alkyl halides is 3. The fraction of sp³-hybridized carbons (Fsp3) is 0.222. The van der Waals surface area contributed by atoms with Gasteiger partial charge in [0.2, 0.25) is 0 Å². The second kappa shape index (κ2) is 9.07. The number of carbonyl (C=O) groups excluding carboxylic acids is 1. The second-order valence-corrected chi connectivity index (χ2v) is 6.41. The summed E-state index contributed by atoms with van der Waals surface area (Å²) in [7, 11) is 1.50. The highest BCUT2D eigenvalue weighted by atomic mass is 127. The molecule has 0 saturated heterocycles. The van der Waals surface area contributed by atoms with Gasteiger partial charge in [-0.25, -0.2) is 5.43 Å². The molecular formula is C18H16F3IN2O3. The van der Waals surface area contributed by atoms with Gasteiger partial charge in [0.15, 0.2) is 11.5 Å². The Morgan fingerprint density at radius 2 is 2.04 bits per heavy atom. The van der Waals surface area contributed by atoms with Gasteiger partial charge in [0.1, 0.15) is 0 Å². The van der Waals surface area contributed by atoms with Crippen LogP contribution in [0.1, 0.15) is 28.4 Å². The number of hydrogen-bond donors (Lipinski definition) is 1. The Morgan fingerprint density at radius 1 is 1.30 bits per heavy atom. The first-order valence-corrected chi connectivity index (χ1v) is 8.85. The van der Waals surface area contributed by atoms with Crippen LogP contribution in [0.15, 0.2) is 41.5 Å². The normalized spacial score (nSPS) is 11.5. The molecular weight excluding hydrogens is 476 g/mol. The molecule has 0 fully saturated rings. The van der Waals surface area contributed by atoms with Crippen molar-refractivity contribution in [1.29, 1.82) is 0 Å². The molecule has 0 spiro atoms. The number of halogens is 4. The average molecular weight is 492 g/mol. The quantitative estimate of drug-likeness (QED) is 0.368. The van der Waals surface area contributed by atoms with Gasteiger partial charge in [-0.15, -0.1) is 0 Å². The molecule has 0 bridgehead atoms. The van der Waals surface area contributed by atoms with E-state index in [0.717, 1.165) is 15.7 Å². The van der Waals surface area contributed by atoms with Crippen LogP contribution in [0.5, 0.6) is 11.5 Å². The summed E-state index contributed by atoms with van der Waals surface area (Å²) >= 11 is 2.08. The second-order valence-electron chi connectivity index (χ2n) is 5.24. The van der Waals surface area contributed by atoms with Crippen molar-refractivity contribution in [2.24, 2.45) is 5.10 Å². The van der Waals surface area contributed by atoms with E-state index in [0.29, 0.717) is 23.7 Å². The van der Waals surface area contributed by atoms with Crippen LogP contribution in [0, 0.1) is 3.57 Å². The fourth-order valence-electron chi connectivity index (χ4n) is 2.17. The van der Waals surface area contributed by atoms with Gasteiger partial charge in [-0.2, -0.15) is 18.3 Å². The van der Waals surface area contributed by atoms with E-state index in [4.69, 9.17) is 9.47 Å². The molecule has 0 aliphatic carbocycles. The van der Waals surface area contributed by atoms with Crippen molar-refractivity contribution in [2.75, 3.05) is 13.7 Å². The van der Waals surface area contributed by atoms with Crippen molar-refractivity contribution in [3.8, 4) is 11.5 Å². The summed E-state index contributed by atoms with van der Waals surface area (Å²) in [5.74, 6) is 0.366. The molecule has 0 unspecified atom stereocenters. The summed E-state index contributed by atoms with van der Waals surface area (Å²) in [5.41, 5.74) is 1.80. The third-order valence-corrected chi connectivity index (χ3v) is 4.17. The largest absolute Gasteiger partial charge is 0.493 e. The number of hydrazone groups is 1. The van der Waals surface area contributed by atoms with Gasteiger partial charge in [-0.3, -0.25) is 4.79 Å². The van der Waals surface area contributed by atoms with E-state index in [1.807, 2.05) is 6.92 Å². The van der Waals surface area contributed by atoms with Crippen molar-refractivity contribution in [3.05, 3.63) is 56.7 Å². The molecule has 9 heteroatoms. The third-order valence-electron chi connectivity index (χ3n) is 3.37. The van der Waals surface area contributed by atoms with Gasteiger partial charge in [-0.05, 0) is 65.4 Å². The van der Waals surface area contributed by atoms with E-state index in [2.05, 4.69) is 33.1 Å². The van der Waals surface area contributed by atoms with Crippen LogP contribution in [0.25, 0.3) is 0 Å². The molecule has 27 heavy (non-hydrogen) atoms. The van der Waals surface area contributed by atoms with Crippen LogP contribution in [0.3, 0.4) is 0 Å². The number of amides is 1. The Morgan fingerprint density at radius 3 is 2.67 bits per heavy atom. The van der Waals surface area contributed by atoms with Crippen molar-refractivity contribution in [1.82, 2.24) is 5.43 Å². The monoisotopic (exact) mass is 492 g/mol. The highest BCUT2D eigenvalue weighted by Crippen LogP contribution is 2.33. The number of nitrogens with zero attached hydrogens (tertiary/aromatic N) is 1. The Kier molecular flexibility index (Phi) is 7.05. The molecule has 2 rings (SSSR count). The smallest absolute Gasteiger partial charge is 0.416 e. The topological polar surface area (TPSA) is 59.9 Å². The minimum absolute atomic E-state index is 0.138. The molecule has 0 aromatic heterocycles. The lowest BCUT2D eigenvalue weighted by atomic mass is 10.1. The number of rotatable bonds is 6. The minimum atomic E-state index is -4.52. The summed E-state index contributed by atoms with van der Waals surface area (Å²) in [5, 5.41) is 3.80. The summed E-state index contributed by atoms with van der Waals surface area (Å²) in [4.78, 5) is 12.0. The zero-order chi connectivity index (χ0) is 20.0. The fourth-order valence-corrected chi connectivity index (χ4v) is 2.95. The van der Waals surface area contributed by atoms with E-state index in [1.165, 1.54) is 25.5 Å². The van der Waals surface area contributed by atoms with Crippen LogP contribution in [0.2, 0.25) is 0 Å². The number of hydrogen-bond acceptors (Lipinski definition) is 4. The van der Waals surface area contributed by atoms with Crippen molar-refractivity contribution in [2.45, 2.75) is 13.1 Å². The maximum atomic E-state index is 12.7. The van der Waals surface area contributed by atoms with Crippen LogP contribution in [-0.2, 0) is 6.18 Å². The van der Waals surface area contributed by atoms with E-state index < -0.39 is 17.6 Å². The summed E-state index contributed by atoms with van der Waals surface area (Å²) in [6.07, 6.45) is -3.15. The highest BCUT2D eigenvalue weighted by Gasteiger charge is 2.30. The first kappa shape index (κ1) is 21.0. The van der Waals surface area contributed by atoms with Gasteiger partial charge in [-0.1, -0.05) is 6.07 Å². The van der Waals surface area contributed by atoms with Crippen molar-refractivity contribution in [3.63, 3.8) is 0 Å². The lowest BCUT2D eigenvalue weighted by molar-refractivity contribution is -0.137. The molecule has 0 atom stereocenters. The highest BCUT2D eigenvalue weighted by molar-refractivity contribution is 14.1. The minimum Gasteiger partial charge on any atom is -0.493 e. The molecule has 5 nitrogen and oxygen atoms in total. The molecule has 0 aliphatic rings. The Balaban J connectivity index is 2.13. The standard InChI is InChI=1S/C18H16F3IN2O3/c1-3-27-16-14(22)7-11(8-15(16)26-2)10-23-24-17(25)12-5-4-6-13(9-12)18(19,20)21/h4-10H,3H2,1-2H3,(H,24,25)/b23-10+. The van der Waals surface area contributed by atoms with E-state index in [-0.39, 0.29) is 5.56 Å². The number of carbonyl (C=O) groups is 1. The number of methoxy groups -OCH3 is 1. The molecule has 144 valence electrons. The van der Waals surface area contributed by atoms with Gasteiger partial charge in [0, 0.05) is 5.56 Å². The van der Waals surface area contributed by atoms with E-state index >= 15 is 0 Å². The molecule has 2 aromatic rings. The summed E-state index contributed by atoms with van der Waals surface area (Å²) in [6.45, 7) is 2.33. The summed E-state index contributed by atoms with van der Waals surface area (Å²) in [6, 6.07) is 7.56. The van der Waals surface area contributed by atoms with E-state index in [1.54, 1.807) is 12.1 Å². The van der Waals surface area contributed by atoms with Gasteiger partial charge in [0.05, 0.1) is 29.1 Å². The van der Waals surface area contributed by atoms with Crippen LogP contribution < -0.4 is 14.9 Å². The Hall–Kier alpha value is -2.30. The Bertz CT molecular complexity index is 854. The molecule has 0 aliphatic heterocycles. The molecule has 2 aromatic carbocycles. The lowest BCUT2D eigenvalue weighted by Gasteiger charge is -2.12. The molecule has 1 amide bonds. The molecule has 0 radical (unpaired) electrons. The zero-order valence-electron chi connectivity index (χ0n) is 14.4. The first-order chi connectivity index (χ1) is 12.8. The summed E-state index contributed by atoms with van der Waals surface area (Å²) < 4.78 is 49.7. The number of ether oxygens (including phenoxy) is 2. The van der Waals surface area contributed by atoms with Crippen LogP contribution in [0.4, 0.5) is 13.2 Å². The first-order valence-electron chi connectivity index (χ1n) is 7.77. The molecule has 1 N–H and O–H groups in total. The van der Waals surface area contributed by atoms with Crippen LogP contribution in [-0.4, -0.2) is 25.8 Å². The van der Waals surface area contributed by atoms with Crippen molar-refractivity contribution >= 4 is 34.7 Å². The van der Waals surface area contributed by atoms with E-state index in [9.17, 15) is 18.0 Å². The Labute approximate surface area is 167 Å². The SMILES string of the molecule is CCOc1c(I)cc(/C=N/NC(=O)c2cccc(C(F)(F)F)c2)cc1OC. The number of benzene rings is 2. The zero-order valence-corrected chi connectivity index (χ0v) is 16.6. The van der Waals surface area contributed by atoms with Gasteiger partial charge in [0.25, 0.3) is 5.91 Å². The number of nitrogens with one attached hydrogen (secondary N) is 1.